The summed E-state index contributed by atoms with van der Waals surface area (Å²) in [6.07, 6.45) is 0.164. The van der Waals surface area contributed by atoms with Crippen LogP contribution in [0.15, 0.2) is 28.7 Å². The fourth-order valence-electron chi connectivity index (χ4n) is 2.39. The Labute approximate surface area is 115 Å². The van der Waals surface area contributed by atoms with Crippen molar-refractivity contribution in [2.75, 3.05) is 0 Å². The van der Waals surface area contributed by atoms with Gasteiger partial charge in [-0.25, -0.2) is 0 Å². The molecule has 0 aliphatic heterocycles. The Morgan fingerprint density at radius 3 is 2.78 bits per heavy atom. The number of aryl methyl sites for hydroxylation is 1. The number of rotatable bonds is 4. The fraction of sp³-hybridized carbons (Fsp3) is 0.357. The monoisotopic (exact) mass is 309 g/mol. The van der Waals surface area contributed by atoms with Crippen molar-refractivity contribution >= 4 is 32.8 Å². The van der Waals surface area contributed by atoms with Crippen LogP contribution in [0.4, 0.5) is 0 Å². The van der Waals surface area contributed by atoms with Gasteiger partial charge in [-0.05, 0) is 31.2 Å². The molecule has 0 amide bonds. The Kier molecular flexibility index (Phi) is 3.76. The molecule has 0 fully saturated rings. The number of carboxylic acids is 1. The molecule has 2 aromatic rings. The Morgan fingerprint density at radius 1 is 1.44 bits per heavy atom. The van der Waals surface area contributed by atoms with E-state index < -0.39 is 5.97 Å². The Morgan fingerprint density at radius 2 is 2.17 bits per heavy atom. The molecule has 4 heteroatoms. The van der Waals surface area contributed by atoms with Crippen LogP contribution in [0.5, 0.6) is 0 Å². The standard InChI is InChI=1S/C14H16BrNO2/c1-3-16-12-5-4-11(15)7-10(12)8-13(16)9(2)6-14(17)18/h4-5,7-9H,3,6H2,1-2H3,(H,17,18). The highest BCUT2D eigenvalue weighted by Gasteiger charge is 2.16. The van der Waals surface area contributed by atoms with Crippen molar-refractivity contribution in [3.05, 3.63) is 34.4 Å². The van der Waals surface area contributed by atoms with Crippen molar-refractivity contribution in [1.82, 2.24) is 4.57 Å². The van der Waals surface area contributed by atoms with Gasteiger partial charge in [-0.3, -0.25) is 4.79 Å². The highest BCUT2D eigenvalue weighted by molar-refractivity contribution is 9.10. The second-order valence-electron chi connectivity index (χ2n) is 4.52. The zero-order valence-corrected chi connectivity index (χ0v) is 12.1. The van der Waals surface area contributed by atoms with Crippen molar-refractivity contribution in [2.24, 2.45) is 0 Å². The van der Waals surface area contributed by atoms with Crippen LogP contribution in [0.3, 0.4) is 0 Å². The Hall–Kier alpha value is -1.29. The second kappa shape index (κ2) is 5.14. The highest BCUT2D eigenvalue weighted by atomic mass is 79.9. The van der Waals surface area contributed by atoms with Crippen LogP contribution >= 0.6 is 15.9 Å². The molecule has 0 bridgehead atoms. The molecule has 0 aliphatic rings. The molecule has 1 atom stereocenters. The lowest BCUT2D eigenvalue weighted by Crippen LogP contribution is -2.08. The maximum absolute atomic E-state index is 10.8. The number of hydrogen-bond acceptors (Lipinski definition) is 1. The van der Waals surface area contributed by atoms with Gasteiger partial charge in [0, 0.05) is 33.5 Å². The molecule has 0 saturated carbocycles. The minimum atomic E-state index is -0.753. The molecular formula is C14H16BrNO2. The fourth-order valence-corrected chi connectivity index (χ4v) is 2.77. The van der Waals surface area contributed by atoms with Crippen LogP contribution in [-0.4, -0.2) is 15.6 Å². The van der Waals surface area contributed by atoms with Crippen LogP contribution in [0.2, 0.25) is 0 Å². The topological polar surface area (TPSA) is 42.2 Å². The van der Waals surface area contributed by atoms with Crippen LogP contribution in [0.25, 0.3) is 10.9 Å². The lowest BCUT2D eigenvalue weighted by molar-refractivity contribution is -0.137. The number of benzene rings is 1. The molecule has 1 aromatic heterocycles. The van der Waals surface area contributed by atoms with Gasteiger partial charge in [0.25, 0.3) is 0 Å². The molecule has 1 unspecified atom stereocenters. The third kappa shape index (κ3) is 2.43. The van der Waals surface area contributed by atoms with Gasteiger partial charge in [0.05, 0.1) is 6.42 Å². The summed E-state index contributed by atoms with van der Waals surface area (Å²) >= 11 is 3.46. The van der Waals surface area contributed by atoms with Gasteiger partial charge in [0.2, 0.25) is 0 Å². The van der Waals surface area contributed by atoms with Gasteiger partial charge < -0.3 is 9.67 Å². The van der Waals surface area contributed by atoms with Gasteiger partial charge in [0.1, 0.15) is 0 Å². The van der Waals surface area contributed by atoms with Gasteiger partial charge in [-0.1, -0.05) is 22.9 Å². The summed E-state index contributed by atoms with van der Waals surface area (Å²) in [7, 11) is 0. The van der Waals surface area contributed by atoms with Crippen LogP contribution in [0, 0.1) is 0 Å². The summed E-state index contributed by atoms with van der Waals surface area (Å²) in [5.74, 6) is -0.731. The highest BCUT2D eigenvalue weighted by Crippen LogP contribution is 2.29. The van der Waals surface area contributed by atoms with E-state index in [4.69, 9.17) is 5.11 Å². The summed E-state index contributed by atoms with van der Waals surface area (Å²) in [5, 5.41) is 10.1. The van der Waals surface area contributed by atoms with Crippen molar-refractivity contribution in [3.63, 3.8) is 0 Å². The maximum atomic E-state index is 10.8. The van der Waals surface area contributed by atoms with E-state index in [2.05, 4.69) is 45.6 Å². The smallest absolute Gasteiger partial charge is 0.304 e. The van der Waals surface area contributed by atoms with E-state index in [-0.39, 0.29) is 12.3 Å². The van der Waals surface area contributed by atoms with Gasteiger partial charge >= 0.3 is 5.97 Å². The first-order valence-electron chi connectivity index (χ1n) is 6.03. The molecule has 1 N–H and O–H groups in total. The van der Waals surface area contributed by atoms with Crippen LogP contribution in [0.1, 0.15) is 31.9 Å². The molecule has 2 rings (SSSR count). The number of hydrogen-bond donors (Lipinski definition) is 1. The zero-order chi connectivity index (χ0) is 13.3. The second-order valence-corrected chi connectivity index (χ2v) is 5.43. The number of fused-ring (bicyclic) bond motifs is 1. The molecule has 0 saturated heterocycles. The first kappa shape index (κ1) is 13.1. The van der Waals surface area contributed by atoms with Gasteiger partial charge in [-0.15, -0.1) is 0 Å². The number of carboxylic acid groups (broad SMARTS) is 1. The van der Waals surface area contributed by atoms with E-state index >= 15 is 0 Å². The Balaban J connectivity index is 2.52. The average Bonchev–Trinajstić information content (AvgIpc) is 2.65. The van der Waals surface area contributed by atoms with Crippen molar-refractivity contribution in [3.8, 4) is 0 Å². The largest absolute Gasteiger partial charge is 0.481 e. The molecular weight excluding hydrogens is 294 g/mol. The summed E-state index contributed by atoms with van der Waals surface area (Å²) in [6.45, 7) is 4.90. The van der Waals surface area contributed by atoms with Crippen LogP contribution in [-0.2, 0) is 11.3 Å². The number of carbonyl (C=O) groups is 1. The summed E-state index contributed by atoms with van der Waals surface area (Å²) in [5.41, 5.74) is 2.25. The third-order valence-electron chi connectivity index (χ3n) is 3.20. The number of aromatic nitrogens is 1. The van der Waals surface area contributed by atoms with Crippen molar-refractivity contribution < 1.29 is 9.90 Å². The van der Waals surface area contributed by atoms with E-state index in [1.807, 2.05) is 13.0 Å². The first-order chi connectivity index (χ1) is 8.52. The predicted octanol–water partition coefficient (Wildman–Crippen LogP) is 4.00. The molecule has 1 aromatic carbocycles. The van der Waals surface area contributed by atoms with E-state index in [0.717, 1.165) is 27.6 Å². The summed E-state index contributed by atoms with van der Waals surface area (Å²) in [4.78, 5) is 10.8. The molecule has 0 spiro atoms. The van der Waals surface area contributed by atoms with Gasteiger partial charge in [-0.2, -0.15) is 0 Å². The number of aliphatic carboxylic acids is 1. The third-order valence-corrected chi connectivity index (χ3v) is 3.69. The van der Waals surface area contributed by atoms with E-state index in [9.17, 15) is 4.79 Å². The predicted molar refractivity (Wildman–Crippen MR) is 76.0 cm³/mol. The summed E-state index contributed by atoms with van der Waals surface area (Å²) in [6, 6.07) is 8.25. The number of halogens is 1. The molecule has 3 nitrogen and oxygen atoms in total. The number of nitrogens with zero attached hydrogens (tertiary/aromatic N) is 1. The minimum Gasteiger partial charge on any atom is -0.481 e. The zero-order valence-electron chi connectivity index (χ0n) is 10.5. The molecule has 0 radical (unpaired) electrons. The SMILES string of the molecule is CCn1c(C(C)CC(=O)O)cc2cc(Br)ccc21. The molecule has 0 aliphatic carbocycles. The van der Waals surface area contributed by atoms with E-state index in [0.29, 0.717) is 0 Å². The average molecular weight is 310 g/mol. The van der Waals surface area contributed by atoms with E-state index in [1.165, 1.54) is 0 Å². The normalized spacial score (nSPS) is 12.8. The molecule has 1 heterocycles. The van der Waals surface area contributed by atoms with Gasteiger partial charge in [0.15, 0.2) is 0 Å². The van der Waals surface area contributed by atoms with Crippen LogP contribution < -0.4 is 0 Å². The minimum absolute atomic E-state index is 0.0219. The maximum Gasteiger partial charge on any atom is 0.304 e. The first-order valence-corrected chi connectivity index (χ1v) is 6.82. The van der Waals surface area contributed by atoms with E-state index in [1.54, 1.807) is 0 Å². The lowest BCUT2D eigenvalue weighted by atomic mass is 10.0. The molecule has 96 valence electrons. The Bertz CT molecular complexity index is 589. The quantitative estimate of drug-likeness (QED) is 0.927. The lowest BCUT2D eigenvalue weighted by Gasteiger charge is -2.13. The molecule has 18 heavy (non-hydrogen) atoms. The summed E-state index contributed by atoms with van der Waals surface area (Å²) < 4.78 is 3.23. The van der Waals surface area contributed by atoms with Crippen molar-refractivity contribution in [2.45, 2.75) is 32.7 Å². The van der Waals surface area contributed by atoms with Crippen molar-refractivity contribution in [1.29, 1.82) is 0 Å².